The van der Waals surface area contributed by atoms with Crippen LogP contribution >= 0.6 is 0 Å². The lowest BCUT2D eigenvalue weighted by atomic mass is 9.94. The van der Waals surface area contributed by atoms with Gasteiger partial charge in [-0.05, 0) is 42.7 Å². The van der Waals surface area contributed by atoms with E-state index in [1.165, 1.54) is 6.07 Å². The number of hydrogen-bond donors (Lipinski definition) is 2. The second kappa shape index (κ2) is 4.53. The fraction of sp³-hybridized carbons (Fsp3) is 0.133. The van der Waals surface area contributed by atoms with Gasteiger partial charge < -0.3 is 10.8 Å². The van der Waals surface area contributed by atoms with Gasteiger partial charge in [0.15, 0.2) is 0 Å². The summed E-state index contributed by atoms with van der Waals surface area (Å²) in [5.41, 5.74) is 10.2. The molecule has 2 aromatic rings. The SMILES string of the molecule is Cc1ccc(-c2ccc(N)cc2C(=O)O)c(C)c1. The van der Waals surface area contributed by atoms with E-state index >= 15 is 0 Å². The smallest absolute Gasteiger partial charge is 0.336 e. The molecule has 0 fully saturated rings. The average Bonchev–Trinajstić information content (AvgIpc) is 2.29. The van der Waals surface area contributed by atoms with Crippen LogP contribution in [0.3, 0.4) is 0 Å². The largest absolute Gasteiger partial charge is 0.478 e. The average molecular weight is 241 g/mol. The number of nitrogens with two attached hydrogens (primary N) is 1. The summed E-state index contributed by atoms with van der Waals surface area (Å²) in [6.07, 6.45) is 0. The van der Waals surface area contributed by atoms with Crippen molar-refractivity contribution < 1.29 is 9.90 Å². The van der Waals surface area contributed by atoms with Gasteiger partial charge in [0.1, 0.15) is 0 Å². The minimum absolute atomic E-state index is 0.238. The van der Waals surface area contributed by atoms with Crippen LogP contribution in [-0.2, 0) is 0 Å². The van der Waals surface area contributed by atoms with Gasteiger partial charge in [0.05, 0.1) is 5.56 Å². The normalized spacial score (nSPS) is 10.3. The summed E-state index contributed by atoms with van der Waals surface area (Å²) in [5.74, 6) is -0.961. The maximum Gasteiger partial charge on any atom is 0.336 e. The molecule has 0 spiro atoms. The lowest BCUT2D eigenvalue weighted by Crippen LogP contribution is -2.02. The van der Waals surface area contributed by atoms with Crippen LogP contribution in [-0.4, -0.2) is 11.1 Å². The highest BCUT2D eigenvalue weighted by Crippen LogP contribution is 2.29. The van der Waals surface area contributed by atoms with Gasteiger partial charge in [-0.15, -0.1) is 0 Å². The lowest BCUT2D eigenvalue weighted by Gasteiger charge is -2.11. The van der Waals surface area contributed by atoms with Gasteiger partial charge in [0, 0.05) is 5.69 Å². The Labute approximate surface area is 106 Å². The van der Waals surface area contributed by atoms with Gasteiger partial charge in [-0.25, -0.2) is 4.79 Å². The van der Waals surface area contributed by atoms with Crippen LogP contribution in [0.5, 0.6) is 0 Å². The number of hydrogen-bond acceptors (Lipinski definition) is 2. The van der Waals surface area contributed by atoms with Crippen molar-refractivity contribution in [2.45, 2.75) is 13.8 Å². The van der Waals surface area contributed by atoms with Gasteiger partial charge in [-0.3, -0.25) is 0 Å². The van der Waals surface area contributed by atoms with Crippen molar-refractivity contribution in [3.63, 3.8) is 0 Å². The molecule has 3 nitrogen and oxygen atoms in total. The third kappa shape index (κ3) is 2.20. The van der Waals surface area contributed by atoms with Gasteiger partial charge >= 0.3 is 5.97 Å². The molecule has 0 aliphatic heterocycles. The number of aromatic carboxylic acids is 1. The number of nitrogen functional groups attached to an aromatic ring is 1. The zero-order valence-electron chi connectivity index (χ0n) is 10.4. The maximum absolute atomic E-state index is 11.3. The molecule has 2 aromatic carbocycles. The van der Waals surface area contributed by atoms with E-state index in [4.69, 9.17) is 5.73 Å². The molecule has 0 aliphatic carbocycles. The van der Waals surface area contributed by atoms with E-state index in [1.807, 2.05) is 32.0 Å². The number of benzene rings is 2. The third-order valence-electron chi connectivity index (χ3n) is 2.95. The van der Waals surface area contributed by atoms with E-state index in [2.05, 4.69) is 0 Å². The standard InChI is InChI=1S/C15H15NO2/c1-9-3-5-12(10(2)7-9)13-6-4-11(16)8-14(13)15(17)18/h3-8H,16H2,1-2H3,(H,17,18). The molecule has 3 heteroatoms. The van der Waals surface area contributed by atoms with Gasteiger partial charge in [0.25, 0.3) is 0 Å². The van der Waals surface area contributed by atoms with Gasteiger partial charge in [-0.2, -0.15) is 0 Å². The molecule has 0 radical (unpaired) electrons. The molecule has 0 saturated carbocycles. The molecule has 0 unspecified atom stereocenters. The summed E-state index contributed by atoms with van der Waals surface area (Å²) in [6, 6.07) is 10.9. The van der Waals surface area contributed by atoms with Gasteiger partial charge in [0.2, 0.25) is 0 Å². The zero-order chi connectivity index (χ0) is 13.3. The van der Waals surface area contributed by atoms with Crippen LogP contribution in [0.4, 0.5) is 5.69 Å². The Hall–Kier alpha value is -2.29. The molecule has 0 aromatic heterocycles. The van der Waals surface area contributed by atoms with Crippen molar-refractivity contribution in [1.29, 1.82) is 0 Å². The molecule has 92 valence electrons. The van der Waals surface area contributed by atoms with Crippen LogP contribution in [0, 0.1) is 13.8 Å². The summed E-state index contributed by atoms with van der Waals surface area (Å²) in [7, 11) is 0. The molecular formula is C15H15NO2. The molecule has 18 heavy (non-hydrogen) atoms. The summed E-state index contributed by atoms with van der Waals surface area (Å²) < 4.78 is 0. The van der Waals surface area contributed by atoms with Crippen molar-refractivity contribution in [1.82, 2.24) is 0 Å². The molecule has 0 bridgehead atoms. The first-order chi connectivity index (χ1) is 8.49. The molecular weight excluding hydrogens is 226 g/mol. The van der Waals surface area contributed by atoms with Crippen LogP contribution < -0.4 is 5.73 Å². The monoisotopic (exact) mass is 241 g/mol. The van der Waals surface area contributed by atoms with Crippen molar-refractivity contribution in [3.8, 4) is 11.1 Å². The second-order valence-corrected chi connectivity index (χ2v) is 4.43. The summed E-state index contributed by atoms with van der Waals surface area (Å²) in [5, 5.41) is 9.24. The molecule has 0 saturated heterocycles. The first-order valence-electron chi connectivity index (χ1n) is 5.69. The van der Waals surface area contributed by atoms with Crippen molar-refractivity contribution in [3.05, 3.63) is 53.1 Å². The Kier molecular flexibility index (Phi) is 3.06. The van der Waals surface area contributed by atoms with Crippen LogP contribution in [0.2, 0.25) is 0 Å². The Balaban J connectivity index is 2.67. The number of anilines is 1. The summed E-state index contributed by atoms with van der Waals surface area (Å²) in [4.78, 5) is 11.3. The van der Waals surface area contributed by atoms with Crippen LogP contribution in [0.25, 0.3) is 11.1 Å². The van der Waals surface area contributed by atoms with Crippen LogP contribution in [0.15, 0.2) is 36.4 Å². The van der Waals surface area contributed by atoms with E-state index in [0.29, 0.717) is 11.3 Å². The summed E-state index contributed by atoms with van der Waals surface area (Å²) in [6.45, 7) is 3.99. The van der Waals surface area contributed by atoms with E-state index in [0.717, 1.165) is 16.7 Å². The number of rotatable bonds is 2. The first kappa shape index (κ1) is 12.2. The Morgan fingerprint density at radius 1 is 1.06 bits per heavy atom. The highest BCUT2D eigenvalue weighted by Gasteiger charge is 2.13. The van der Waals surface area contributed by atoms with E-state index in [-0.39, 0.29) is 5.56 Å². The molecule has 2 rings (SSSR count). The molecule has 0 amide bonds. The lowest BCUT2D eigenvalue weighted by molar-refractivity contribution is 0.0698. The van der Waals surface area contributed by atoms with Crippen molar-refractivity contribution in [2.75, 3.05) is 5.73 Å². The fourth-order valence-electron chi connectivity index (χ4n) is 2.09. The third-order valence-corrected chi connectivity index (χ3v) is 2.95. The first-order valence-corrected chi connectivity index (χ1v) is 5.69. The second-order valence-electron chi connectivity index (χ2n) is 4.43. The molecule has 0 atom stereocenters. The fourth-order valence-corrected chi connectivity index (χ4v) is 2.09. The Morgan fingerprint density at radius 3 is 2.33 bits per heavy atom. The molecule has 0 heterocycles. The van der Waals surface area contributed by atoms with E-state index < -0.39 is 5.97 Å². The van der Waals surface area contributed by atoms with E-state index in [9.17, 15) is 9.90 Å². The summed E-state index contributed by atoms with van der Waals surface area (Å²) >= 11 is 0. The van der Waals surface area contributed by atoms with Crippen molar-refractivity contribution >= 4 is 11.7 Å². The maximum atomic E-state index is 11.3. The molecule has 0 aliphatic rings. The number of aryl methyl sites for hydroxylation is 2. The van der Waals surface area contributed by atoms with Crippen molar-refractivity contribution in [2.24, 2.45) is 0 Å². The minimum atomic E-state index is -0.961. The highest BCUT2D eigenvalue weighted by molar-refractivity contribution is 5.97. The quantitative estimate of drug-likeness (QED) is 0.793. The predicted molar refractivity (Wildman–Crippen MR) is 72.7 cm³/mol. The highest BCUT2D eigenvalue weighted by atomic mass is 16.4. The Morgan fingerprint density at radius 2 is 1.72 bits per heavy atom. The predicted octanol–water partition coefficient (Wildman–Crippen LogP) is 3.25. The topological polar surface area (TPSA) is 63.3 Å². The van der Waals surface area contributed by atoms with Crippen LogP contribution in [0.1, 0.15) is 21.5 Å². The van der Waals surface area contributed by atoms with E-state index in [1.54, 1.807) is 12.1 Å². The zero-order valence-corrected chi connectivity index (χ0v) is 10.4. The van der Waals surface area contributed by atoms with Gasteiger partial charge in [-0.1, -0.05) is 29.8 Å². The minimum Gasteiger partial charge on any atom is -0.478 e. The number of carboxylic acid groups (broad SMARTS) is 1. The number of carbonyl (C=O) groups is 1. The Bertz CT molecular complexity index is 618. The molecule has 3 N–H and O–H groups in total. The number of carboxylic acids is 1.